The number of rotatable bonds is 6. The van der Waals surface area contributed by atoms with Crippen LogP contribution in [0.25, 0.3) is 6.08 Å². The second-order valence-electron chi connectivity index (χ2n) is 8.54. The van der Waals surface area contributed by atoms with E-state index in [0.29, 0.717) is 31.6 Å². The lowest BCUT2D eigenvalue weighted by molar-refractivity contribution is -0.781. The molecule has 36 heavy (non-hydrogen) atoms. The number of quaternary nitrogens is 1. The molecule has 0 fully saturated rings. The minimum absolute atomic E-state index is 0.137. The van der Waals surface area contributed by atoms with Gasteiger partial charge in [0.1, 0.15) is 18.8 Å². The van der Waals surface area contributed by atoms with Gasteiger partial charge in [0.05, 0.1) is 33.1 Å². The molecule has 196 valence electrons. The normalized spacial score (nSPS) is 24.0. The Kier molecular flexibility index (Phi) is 12.3. The van der Waals surface area contributed by atoms with Gasteiger partial charge in [0.2, 0.25) is 0 Å². The van der Waals surface area contributed by atoms with Crippen LogP contribution in [0.15, 0.2) is 55.0 Å². The fourth-order valence-electron chi connectivity index (χ4n) is 3.56. The molecule has 1 heterocycles. The predicted octanol–water partition coefficient (Wildman–Crippen LogP) is 5.41. The van der Waals surface area contributed by atoms with Crippen LogP contribution in [-0.2, 0) is 25.6 Å². The molecule has 0 saturated carbocycles. The molecular formula is C27H37N2O6S+. The van der Waals surface area contributed by atoms with Crippen molar-refractivity contribution in [3.05, 3.63) is 66.1 Å². The van der Waals surface area contributed by atoms with Crippen LogP contribution in [0.4, 0.5) is 9.59 Å². The maximum absolute atomic E-state index is 13.7. The molecule has 0 spiro atoms. The molecule has 0 saturated heterocycles. The number of methoxy groups -OCH3 is 1. The molecule has 2 atom stereocenters. The van der Waals surface area contributed by atoms with E-state index in [1.807, 2.05) is 43.3 Å². The molecule has 2 bridgehead atoms. The number of likely N-dealkylation sites (N-methyl/N-ethyl adjacent to an activating group) is 1. The Morgan fingerprint density at radius 3 is 2.86 bits per heavy atom. The van der Waals surface area contributed by atoms with Gasteiger partial charge in [-0.05, 0) is 61.6 Å². The van der Waals surface area contributed by atoms with Gasteiger partial charge < -0.3 is 19.5 Å². The Labute approximate surface area is 217 Å². The first-order valence-electron chi connectivity index (χ1n) is 12.1. The van der Waals surface area contributed by atoms with Gasteiger partial charge >= 0.3 is 17.3 Å². The van der Waals surface area contributed by atoms with Crippen molar-refractivity contribution in [2.75, 3.05) is 33.1 Å². The Balaban J connectivity index is 2.43. The summed E-state index contributed by atoms with van der Waals surface area (Å²) in [6.07, 6.45) is 9.20. The number of cyclic esters (lactones) is 1. The van der Waals surface area contributed by atoms with Crippen molar-refractivity contribution < 1.29 is 33.1 Å². The number of thioether (sulfide) groups is 1. The fourth-order valence-corrected chi connectivity index (χ4v) is 4.10. The summed E-state index contributed by atoms with van der Waals surface area (Å²) in [5.74, 6) is 0.446. The summed E-state index contributed by atoms with van der Waals surface area (Å²) in [7, 11) is 3.07. The molecule has 2 rings (SSSR count). The number of fused-ring (bicyclic) bond motifs is 2. The number of allylic oxidation sites excluding steroid dienone is 2. The van der Waals surface area contributed by atoms with E-state index in [1.165, 1.54) is 7.11 Å². The third-order valence-electron chi connectivity index (χ3n) is 5.77. The van der Waals surface area contributed by atoms with Crippen LogP contribution in [0.5, 0.6) is 0 Å². The summed E-state index contributed by atoms with van der Waals surface area (Å²) in [5, 5.41) is 2.29. The number of hydrogen-bond acceptors (Lipinski definition) is 7. The van der Waals surface area contributed by atoms with E-state index in [4.69, 9.17) is 14.2 Å². The number of carbonyl (C=O) groups is 3. The van der Waals surface area contributed by atoms with Gasteiger partial charge in [0.25, 0.3) is 0 Å². The Bertz CT molecular complexity index is 977. The Hall–Kier alpha value is -3.04. The van der Waals surface area contributed by atoms with Crippen LogP contribution in [0.1, 0.15) is 43.7 Å². The van der Waals surface area contributed by atoms with Crippen molar-refractivity contribution >= 4 is 35.1 Å². The van der Waals surface area contributed by atoms with Crippen molar-refractivity contribution in [3.63, 3.8) is 0 Å². The lowest BCUT2D eigenvalue weighted by Crippen LogP contribution is -2.55. The van der Waals surface area contributed by atoms with E-state index < -0.39 is 17.4 Å². The summed E-state index contributed by atoms with van der Waals surface area (Å²) in [4.78, 5) is 37.9. The first kappa shape index (κ1) is 29.2. The lowest BCUT2D eigenvalue weighted by Gasteiger charge is -2.31. The highest BCUT2D eigenvalue weighted by Crippen LogP contribution is 2.20. The quantitative estimate of drug-likeness (QED) is 0.307. The predicted molar refractivity (Wildman–Crippen MR) is 142 cm³/mol. The average molecular weight is 518 g/mol. The number of amides is 2. The van der Waals surface area contributed by atoms with Crippen molar-refractivity contribution in [3.8, 4) is 0 Å². The Morgan fingerprint density at radius 2 is 2.14 bits per heavy atom. The molecular weight excluding hydrogens is 480 g/mol. The molecule has 0 aliphatic carbocycles. The van der Waals surface area contributed by atoms with Gasteiger partial charge in [-0.2, -0.15) is 0 Å². The highest BCUT2D eigenvalue weighted by Gasteiger charge is 2.37. The first-order valence-corrected chi connectivity index (χ1v) is 13.0. The van der Waals surface area contributed by atoms with E-state index in [1.54, 1.807) is 19.3 Å². The zero-order valence-corrected chi connectivity index (χ0v) is 22.2. The molecule has 8 nitrogen and oxygen atoms in total. The van der Waals surface area contributed by atoms with E-state index in [0.717, 1.165) is 29.3 Å². The molecule has 1 aromatic carbocycles. The van der Waals surface area contributed by atoms with Crippen LogP contribution in [0, 0.1) is 0 Å². The van der Waals surface area contributed by atoms with Gasteiger partial charge in [0.15, 0.2) is 5.76 Å². The third-order valence-corrected chi connectivity index (χ3v) is 6.60. The summed E-state index contributed by atoms with van der Waals surface area (Å²) >= 11 is 0.951. The second-order valence-corrected chi connectivity index (χ2v) is 9.45. The molecule has 2 amide bonds. The van der Waals surface area contributed by atoms with Crippen molar-refractivity contribution in [2.45, 2.75) is 45.3 Å². The van der Waals surface area contributed by atoms with E-state index in [9.17, 15) is 14.4 Å². The van der Waals surface area contributed by atoms with Crippen molar-refractivity contribution in [1.29, 1.82) is 0 Å². The lowest BCUT2D eigenvalue weighted by atomic mass is 10.1. The number of hydrogen-bond donors (Lipinski definition) is 1. The van der Waals surface area contributed by atoms with Gasteiger partial charge in [0, 0.05) is 0 Å². The van der Waals surface area contributed by atoms with Crippen LogP contribution in [0.2, 0.25) is 0 Å². The minimum Gasteiger partial charge on any atom is -0.487 e. The van der Waals surface area contributed by atoms with E-state index in [-0.39, 0.29) is 29.4 Å². The zero-order valence-electron chi connectivity index (χ0n) is 21.4. The largest absolute Gasteiger partial charge is 0.487 e. The standard InChI is InChI=1S/C27H36N2O6S/c1-5-7-15-24-25(30)29(3,6-2)18-23(20-36-27(32)33-4)35-19-22-14-11-13-21(17-22)12-9-8-10-16-34-26(31)28-24/h5,9,11-14,17-18,24H,1,6-8,10,15-16,19-20H2,2-4H3/p+1/b12-9+,23-18+/t24-,29?/m0/s1. The first-order chi connectivity index (χ1) is 17.3. The van der Waals surface area contributed by atoms with Crippen LogP contribution in [0.3, 0.4) is 0 Å². The molecule has 1 unspecified atom stereocenters. The van der Waals surface area contributed by atoms with Gasteiger partial charge in [-0.3, -0.25) is 0 Å². The van der Waals surface area contributed by atoms with Gasteiger partial charge in [-0.1, -0.05) is 36.4 Å². The van der Waals surface area contributed by atoms with E-state index in [2.05, 4.69) is 11.9 Å². The summed E-state index contributed by atoms with van der Waals surface area (Å²) in [6.45, 7) is 6.55. The summed E-state index contributed by atoms with van der Waals surface area (Å²) in [5.41, 5.74) is 1.99. The fraction of sp³-hybridized carbons (Fsp3) is 0.444. The van der Waals surface area contributed by atoms with Gasteiger partial charge in [-0.15, -0.1) is 6.58 Å². The maximum atomic E-state index is 13.7. The molecule has 1 aromatic rings. The Morgan fingerprint density at radius 1 is 1.33 bits per heavy atom. The monoisotopic (exact) mass is 517 g/mol. The SMILES string of the molecule is C=CCC[C@@H]1NC(=O)OCCC/C=C/c2cccc(c2)CO/C(CSC(=O)OC)=C/[N+](C)(CC)C1=O. The van der Waals surface area contributed by atoms with Crippen LogP contribution in [-0.4, -0.2) is 60.9 Å². The second kappa shape index (κ2) is 15.2. The number of nitrogens with zero attached hydrogens (tertiary/aromatic N) is 1. The van der Waals surface area contributed by atoms with Gasteiger partial charge in [-0.25, -0.2) is 18.9 Å². The smallest absolute Gasteiger partial charge is 0.407 e. The number of benzene rings is 1. The maximum Gasteiger partial charge on any atom is 0.407 e. The third kappa shape index (κ3) is 9.54. The molecule has 0 aromatic heterocycles. The van der Waals surface area contributed by atoms with Crippen molar-refractivity contribution in [2.24, 2.45) is 0 Å². The van der Waals surface area contributed by atoms with Crippen LogP contribution < -0.4 is 5.32 Å². The summed E-state index contributed by atoms with van der Waals surface area (Å²) in [6, 6.07) is 7.17. The number of nitrogens with one attached hydrogen (secondary N) is 1. The molecule has 1 aliphatic heterocycles. The highest BCUT2D eigenvalue weighted by molar-refractivity contribution is 8.13. The van der Waals surface area contributed by atoms with Crippen LogP contribution >= 0.6 is 11.8 Å². The number of carbonyl (C=O) groups excluding carboxylic acids is 3. The minimum atomic E-state index is -0.776. The highest BCUT2D eigenvalue weighted by atomic mass is 32.2. The zero-order chi connectivity index (χ0) is 26.4. The number of ether oxygens (including phenoxy) is 3. The average Bonchev–Trinajstić information content (AvgIpc) is 2.89. The van der Waals surface area contributed by atoms with Crippen molar-refractivity contribution in [1.82, 2.24) is 5.32 Å². The molecule has 1 N–H and O–H groups in total. The number of alkyl carbamates (subject to hydrolysis) is 1. The van der Waals surface area contributed by atoms with E-state index >= 15 is 0 Å². The molecule has 9 heteroatoms. The molecule has 1 aliphatic rings. The summed E-state index contributed by atoms with van der Waals surface area (Å²) < 4.78 is 16.1. The molecule has 0 radical (unpaired) electrons. The topological polar surface area (TPSA) is 90.9 Å².